The van der Waals surface area contributed by atoms with Crippen LogP contribution in [0.5, 0.6) is 0 Å². The second-order valence-electron chi connectivity index (χ2n) is 5.33. The smallest absolute Gasteiger partial charge is 0.152 e. The fraction of sp³-hybridized carbons (Fsp3) is 1.00. The summed E-state index contributed by atoms with van der Waals surface area (Å²) in [6.45, 7) is 6.21. The fourth-order valence-electron chi connectivity index (χ4n) is 2.55. The van der Waals surface area contributed by atoms with Crippen molar-refractivity contribution in [3.8, 4) is 0 Å². The third-order valence-electron chi connectivity index (χ3n) is 3.84. The monoisotopic (exact) mass is 276 g/mol. The van der Waals surface area contributed by atoms with Crippen LogP contribution in [-0.2, 0) is 14.6 Å². The Morgan fingerprint density at radius 2 is 2.11 bits per heavy atom. The highest BCUT2D eigenvalue weighted by Gasteiger charge is 2.24. The molecule has 5 nitrogen and oxygen atoms in total. The standard InChI is InChI=1S/C12H24N2O3S/c1-11(9-13-10-12-3-2-6-17-12)14-4-7-18(15,16)8-5-14/h11-13H,2-10H2,1H3. The average Bonchev–Trinajstić information content (AvgIpc) is 2.82. The van der Waals surface area contributed by atoms with E-state index in [1.807, 2.05) is 0 Å². The Kier molecular flexibility index (Phi) is 5.00. The summed E-state index contributed by atoms with van der Waals surface area (Å²) in [5, 5.41) is 3.43. The molecule has 106 valence electrons. The molecule has 1 N–H and O–H groups in total. The molecule has 0 amide bonds. The first-order valence-corrected chi connectivity index (χ1v) is 8.66. The third kappa shape index (κ3) is 4.19. The van der Waals surface area contributed by atoms with E-state index in [-0.39, 0.29) is 0 Å². The molecule has 2 heterocycles. The van der Waals surface area contributed by atoms with Crippen LogP contribution < -0.4 is 5.32 Å². The lowest BCUT2D eigenvalue weighted by Crippen LogP contribution is -2.48. The largest absolute Gasteiger partial charge is 0.377 e. The van der Waals surface area contributed by atoms with Crippen molar-refractivity contribution in [1.82, 2.24) is 10.2 Å². The van der Waals surface area contributed by atoms with Crippen LogP contribution in [0.1, 0.15) is 19.8 Å². The zero-order valence-corrected chi connectivity index (χ0v) is 11.9. The van der Waals surface area contributed by atoms with Crippen LogP contribution in [0.25, 0.3) is 0 Å². The molecule has 2 saturated heterocycles. The van der Waals surface area contributed by atoms with E-state index in [1.165, 1.54) is 6.42 Å². The van der Waals surface area contributed by atoms with E-state index >= 15 is 0 Å². The number of nitrogens with one attached hydrogen (secondary N) is 1. The Bertz CT molecular complexity index is 338. The van der Waals surface area contributed by atoms with Gasteiger partial charge in [-0.15, -0.1) is 0 Å². The molecule has 2 aliphatic rings. The van der Waals surface area contributed by atoms with Crippen LogP contribution >= 0.6 is 0 Å². The molecule has 0 aliphatic carbocycles. The lowest BCUT2D eigenvalue weighted by Gasteiger charge is -2.32. The van der Waals surface area contributed by atoms with Gasteiger partial charge < -0.3 is 10.1 Å². The summed E-state index contributed by atoms with van der Waals surface area (Å²) in [5.41, 5.74) is 0. The summed E-state index contributed by atoms with van der Waals surface area (Å²) < 4.78 is 28.2. The molecule has 18 heavy (non-hydrogen) atoms. The van der Waals surface area contributed by atoms with Crippen LogP contribution in [0, 0.1) is 0 Å². The first kappa shape index (κ1) is 14.2. The number of rotatable bonds is 5. The molecule has 2 fully saturated rings. The highest BCUT2D eigenvalue weighted by Crippen LogP contribution is 2.11. The van der Waals surface area contributed by atoms with E-state index < -0.39 is 9.84 Å². The van der Waals surface area contributed by atoms with Crippen molar-refractivity contribution >= 4 is 9.84 Å². The Hall–Kier alpha value is -0.170. The van der Waals surface area contributed by atoms with Gasteiger partial charge >= 0.3 is 0 Å². The van der Waals surface area contributed by atoms with Gasteiger partial charge in [-0.05, 0) is 19.8 Å². The quantitative estimate of drug-likeness (QED) is 0.758. The zero-order chi connectivity index (χ0) is 13.0. The second kappa shape index (κ2) is 6.32. The van der Waals surface area contributed by atoms with Crippen molar-refractivity contribution in [2.75, 3.05) is 44.3 Å². The van der Waals surface area contributed by atoms with Gasteiger partial charge in [-0.2, -0.15) is 0 Å². The Labute approximate surface area is 110 Å². The SMILES string of the molecule is CC(CNCC1CCCO1)N1CCS(=O)(=O)CC1. The summed E-state index contributed by atoms with van der Waals surface area (Å²) in [4.78, 5) is 2.25. The molecule has 6 heteroatoms. The maximum Gasteiger partial charge on any atom is 0.152 e. The van der Waals surface area contributed by atoms with Crippen molar-refractivity contribution in [2.24, 2.45) is 0 Å². The van der Waals surface area contributed by atoms with E-state index in [9.17, 15) is 8.42 Å². The summed E-state index contributed by atoms with van der Waals surface area (Å²) in [5.74, 6) is 0.617. The summed E-state index contributed by atoms with van der Waals surface area (Å²) in [6.07, 6.45) is 2.70. The van der Waals surface area contributed by atoms with Gasteiger partial charge in [0.25, 0.3) is 0 Å². The molecular formula is C12H24N2O3S. The van der Waals surface area contributed by atoms with E-state index in [4.69, 9.17) is 4.74 Å². The Morgan fingerprint density at radius 1 is 1.39 bits per heavy atom. The van der Waals surface area contributed by atoms with Gasteiger partial charge in [0, 0.05) is 38.8 Å². The maximum atomic E-state index is 11.3. The summed E-state index contributed by atoms with van der Waals surface area (Å²) in [6, 6.07) is 0.391. The van der Waals surface area contributed by atoms with Gasteiger partial charge in [0.05, 0.1) is 17.6 Å². The fourth-order valence-corrected chi connectivity index (χ4v) is 3.78. The first-order valence-electron chi connectivity index (χ1n) is 6.83. The van der Waals surface area contributed by atoms with Crippen molar-refractivity contribution < 1.29 is 13.2 Å². The highest BCUT2D eigenvalue weighted by atomic mass is 32.2. The lowest BCUT2D eigenvalue weighted by atomic mass is 10.2. The molecule has 0 aromatic rings. The van der Waals surface area contributed by atoms with Crippen molar-refractivity contribution in [2.45, 2.75) is 31.9 Å². The third-order valence-corrected chi connectivity index (χ3v) is 5.45. The summed E-state index contributed by atoms with van der Waals surface area (Å²) >= 11 is 0. The Balaban J connectivity index is 1.64. The topological polar surface area (TPSA) is 58.6 Å². The van der Waals surface area contributed by atoms with Crippen LogP contribution in [0.4, 0.5) is 0 Å². The van der Waals surface area contributed by atoms with Crippen molar-refractivity contribution in [1.29, 1.82) is 0 Å². The minimum atomic E-state index is -2.76. The molecule has 0 bridgehead atoms. The van der Waals surface area contributed by atoms with Gasteiger partial charge in [-0.1, -0.05) is 0 Å². The minimum Gasteiger partial charge on any atom is -0.377 e. The number of hydrogen-bond donors (Lipinski definition) is 1. The van der Waals surface area contributed by atoms with Gasteiger partial charge in [-0.3, -0.25) is 4.90 Å². The first-order chi connectivity index (χ1) is 8.57. The number of hydrogen-bond acceptors (Lipinski definition) is 5. The lowest BCUT2D eigenvalue weighted by molar-refractivity contribution is 0.107. The molecule has 2 aliphatic heterocycles. The number of nitrogens with zero attached hydrogens (tertiary/aromatic N) is 1. The predicted molar refractivity (Wildman–Crippen MR) is 71.5 cm³/mol. The van der Waals surface area contributed by atoms with E-state index in [2.05, 4.69) is 17.1 Å². The van der Waals surface area contributed by atoms with E-state index in [0.29, 0.717) is 36.7 Å². The van der Waals surface area contributed by atoms with Crippen molar-refractivity contribution in [3.63, 3.8) is 0 Å². The minimum absolute atomic E-state index is 0.309. The second-order valence-corrected chi connectivity index (χ2v) is 7.63. The number of ether oxygens (including phenoxy) is 1. The molecule has 0 radical (unpaired) electrons. The van der Waals surface area contributed by atoms with Crippen LogP contribution in [-0.4, -0.2) is 69.8 Å². The maximum absolute atomic E-state index is 11.3. The molecule has 0 aromatic heterocycles. The Morgan fingerprint density at radius 3 is 2.72 bits per heavy atom. The van der Waals surface area contributed by atoms with Gasteiger partial charge in [0.1, 0.15) is 0 Å². The normalized spacial score (nSPS) is 30.4. The number of sulfone groups is 1. The molecule has 2 rings (SSSR count). The van der Waals surface area contributed by atoms with Crippen LogP contribution in [0.3, 0.4) is 0 Å². The van der Waals surface area contributed by atoms with E-state index in [1.54, 1.807) is 0 Å². The average molecular weight is 276 g/mol. The zero-order valence-electron chi connectivity index (χ0n) is 11.1. The molecule has 0 spiro atoms. The van der Waals surface area contributed by atoms with Crippen LogP contribution in [0.2, 0.25) is 0 Å². The molecule has 2 unspecified atom stereocenters. The summed E-state index contributed by atoms with van der Waals surface area (Å²) in [7, 11) is -2.76. The van der Waals surface area contributed by atoms with E-state index in [0.717, 1.165) is 26.1 Å². The van der Waals surface area contributed by atoms with Crippen molar-refractivity contribution in [3.05, 3.63) is 0 Å². The van der Waals surface area contributed by atoms with Crippen LogP contribution in [0.15, 0.2) is 0 Å². The molecule has 0 saturated carbocycles. The molecule has 0 aromatic carbocycles. The highest BCUT2D eigenvalue weighted by molar-refractivity contribution is 7.91. The molecule has 2 atom stereocenters. The van der Waals surface area contributed by atoms with Gasteiger partial charge in [-0.25, -0.2) is 8.42 Å². The molecular weight excluding hydrogens is 252 g/mol. The van der Waals surface area contributed by atoms with Gasteiger partial charge in [0.2, 0.25) is 0 Å². The predicted octanol–water partition coefficient (Wildman–Crippen LogP) is -0.126. The van der Waals surface area contributed by atoms with Gasteiger partial charge in [0.15, 0.2) is 9.84 Å².